The lowest BCUT2D eigenvalue weighted by molar-refractivity contribution is -0.133. The molecule has 5 nitrogen and oxygen atoms in total. The molecule has 0 N–H and O–H groups in total. The fourth-order valence-corrected chi connectivity index (χ4v) is 3.16. The van der Waals surface area contributed by atoms with Crippen molar-refractivity contribution in [1.82, 2.24) is 15.0 Å². The highest BCUT2D eigenvalue weighted by Crippen LogP contribution is 2.33. The molecule has 2 atom stereocenters. The van der Waals surface area contributed by atoms with Crippen LogP contribution in [0, 0.1) is 5.92 Å². The summed E-state index contributed by atoms with van der Waals surface area (Å²) in [6, 6.07) is -0.000803. The average molecular weight is 289 g/mol. The smallest absolute Gasteiger partial charge is 0.229 e. The van der Waals surface area contributed by atoms with E-state index in [0.717, 1.165) is 32.2 Å². The summed E-state index contributed by atoms with van der Waals surface area (Å²) in [5, 5.41) is 4.09. The quantitative estimate of drug-likeness (QED) is 0.799. The standard InChI is InChI=1S/C16H23N3O2/c1-11(2)16-17-15(18-21-16)13-8-5-9-19(13)14(20)10-12-6-3-4-7-12/h3,6,11-13H,4-5,7-10H2,1-2H3/t12-,13-/m0/s1. The fourth-order valence-electron chi connectivity index (χ4n) is 3.16. The lowest BCUT2D eigenvalue weighted by Crippen LogP contribution is -2.32. The van der Waals surface area contributed by atoms with Gasteiger partial charge in [0.05, 0.1) is 6.04 Å². The van der Waals surface area contributed by atoms with E-state index in [-0.39, 0.29) is 17.9 Å². The number of allylic oxidation sites excluding steroid dienone is 2. The van der Waals surface area contributed by atoms with Gasteiger partial charge in [-0.3, -0.25) is 4.79 Å². The molecule has 1 fully saturated rings. The predicted octanol–water partition coefficient (Wildman–Crippen LogP) is 3.21. The number of nitrogens with zero attached hydrogens (tertiary/aromatic N) is 3. The zero-order chi connectivity index (χ0) is 14.8. The maximum atomic E-state index is 12.5. The first-order valence-corrected chi connectivity index (χ1v) is 7.94. The molecular formula is C16H23N3O2. The Morgan fingerprint density at radius 3 is 3.00 bits per heavy atom. The molecule has 0 unspecified atom stereocenters. The van der Waals surface area contributed by atoms with Crippen LogP contribution in [0.15, 0.2) is 16.7 Å². The van der Waals surface area contributed by atoms with Gasteiger partial charge < -0.3 is 9.42 Å². The van der Waals surface area contributed by atoms with Crippen molar-refractivity contribution < 1.29 is 9.32 Å². The van der Waals surface area contributed by atoms with Crippen LogP contribution in [-0.4, -0.2) is 27.5 Å². The lowest BCUT2D eigenvalue weighted by Gasteiger charge is -2.23. The minimum absolute atomic E-state index is 0.000803. The second-order valence-corrected chi connectivity index (χ2v) is 6.36. The van der Waals surface area contributed by atoms with Gasteiger partial charge in [0.1, 0.15) is 0 Å². The Morgan fingerprint density at radius 2 is 2.33 bits per heavy atom. The molecule has 114 valence electrons. The first-order valence-electron chi connectivity index (χ1n) is 7.94. The zero-order valence-corrected chi connectivity index (χ0v) is 12.8. The van der Waals surface area contributed by atoms with Crippen molar-refractivity contribution in [3.05, 3.63) is 23.9 Å². The van der Waals surface area contributed by atoms with E-state index in [1.165, 1.54) is 0 Å². The Kier molecular flexibility index (Phi) is 4.08. The molecule has 0 saturated carbocycles. The van der Waals surface area contributed by atoms with Crippen molar-refractivity contribution >= 4 is 5.91 Å². The zero-order valence-electron chi connectivity index (χ0n) is 12.8. The van der Waals surface area contributed by atoms with E-state index in [0.29, 0.717) is 24.1 Å². The molecule has 5 heteroatoms. The molecule has 1 amide bonds. The summed E-state index contributed by atoms with van der Waals surface area (Å²) < 4.78 is 5.29. The third-order valence-electron chi connectivity index (χ3n) is 4.37. The minimum atomic E-state index is -0.000803. The van der Waals surface area contributed by atoms with Gasteiger partial charge in [-0.15, -0.1) is 0 Å². The molecule has 1 aromatic heterocycles. The molecule has 21 heavy (non-hydrogen) atoms. The second-order valence-electron chi connectivity index (χ2n) is 6.36. The Labute approximate surface area is 125 Å². The molecular weight excluding hydrogens is 266 g/mol. The molecule has 0 spiro atoms. The van der Waals surface area contributed by atoms with Gasteiger partial charge in [-0.2, -0.15) is 4.98 Å². The van der Waals surface area contributed by atoms with Gasteiger partial charge >= 0.3 is 0 Å². The summed E-state index contributed by atoms with van der Waals surface area (Å²) in [5.74, 6) is 2.19. The predicted molar refractivity (Wildman–Crippen MR) is 78.6 cm³/mol. The van der Waals surface area contributed by atoms with Crippen molar-refractivity contribution in [3.63, 3.8) is 0 Å². The molecule has 2 aliphatic rings. The number of hydrogen-bond acceptors (Lipinski definition) is 4. The number of amides is 1. The number of carbonyl (C=O) groups excluding carboxylic acids is 1. The molecule has 2 heterocycles. The average Bonchev–Trinajstić information content (AvgIpc) is 3.19. The Hall–Kier alpha value is -1.65. The maximum absolute atomic E-state index is 12.5. The van der Waals surface area contributed by atoms with Gasteiger partial charge in [0.25, 0.3) is 0 Å². The van der Waals surface area contributed by atoms with Gasteiger partial charge in [0.2, 0.25) is 11.8 Å². The summed E-state index contributed by atoms with van der Waals surface area (Å²) in [5.41, 5.74) is 0. The van der Waals surface area contributed by atoms with E-state index in [9.17, 15) is 4.79 Å². The second kappa shape index (κ2) is 6.00. The highest BCUT2D eigenvalue weighted by molar-refractivity contribution is 5.77. The molecule has 0 aromatic carbocycles. The van der Waals surface area contributed by atoms with Crippen LogP contribution in [0.1, 0.15) is 69.6 Å². The molecule has 1 aliphatic carbocycles. The molecule has 3 rings (SSSR count). The van der Waals surface area contributed by atoms with Gasteiger partial charge in [-0.25, -0.2) is 0 Å². The third-order valence-corrected chi connectivity index (χ3v) is 4.37. The SMILES string of the molecule is CC(C)c1nc([C@@H]2CCCN2C(=O)C[C@H]2C=CCC2)no1. The molecule has 1 saturated heterocycles. The first kappa shape index (κ1) is 14.3. The van der Waals surface area contributed by atoms with Crippen molar-refractivity contribution in [2.24, 2.45) is 5.92 Å². The van der Waals surface area contributed by atoms with E-state index in [1.807, 2.05) is 18.7 Å². The Bertz CT molecular complexity index is 535. The minimum Gasteiger partial charge on any atom is -0.339 e. The summed E-state index contributed by atoms with van der Waals surface area (Å²) in [6.07, 6.45) is 9.11. The van der Waals surface area contributed by atoms with Crippen LogP contribution >= 0.6 is 0 Å². The van der Waals surface area contributed by atoms with Crippen LogP contribution in [0.4, 0.5) is 0 Å². The summed E-state index contributed by atoms with van der Waals surface area (Å²) in [6.45, 7) is 4.87. The number of rotatable bonds is 4. The molecule has 1 aliphatic heterocycles. The Morgan fingerprint density at radius 1 is 1.48 bits per heavy atom. The topological polar surface area (TPSA) is 59.2 Å². The van der Waals surface area contributed by atoms with Crippen LogP contribution in [0.2, 0.25) is 0 Å². The summed E-state index contributed by atoms with van der Waals surface area (Å²) in [4.78, 5) is 18.9. The summed E-state index contributed by atoms with van der Waals surface area (Å²) in [7, 11) is 0. The highest BCUT2D eigenvalue weighted by atomic mass is 16.5. The molecule has 0 radical (unpaired) electrons. The van der Waals surface area contributed by atoms with E-state index in [4.69, 9.17) is 4.52 Å². The van der Waals surface area contributed by atoms with Crippen LogP contribution in [0.5, 0.6) is 0 Å². The lowest BCUT2D eigenvalue weighted by atomic mass is 10.0. The van der Waals surface area contributed by atoms with Crippen molar-refractivity contribution in [2.75, 3.05) is 6.54 Å². The van der Waals surface area contributed by atoms with Crippen LogP contribution in [0.3, 0.4) is 0 Å². The number of hydrogen-bond donors (Lipinski definition) is 0. The monoisotopic (exact) mass is 289 g/mol. The third kappa shape index (κ3) is 3.01. The maximum Gasteiger partial charge on any atom is 0.229 e. The number of carbonyl (C=O) groups is 1. The highest BCUT2D eigenvalue weighted by Gasteiger charge is 2.34. The van der Waals surface area contributed by atoms with E-state index in [2.05, 4.69) is 22.3 Å². The van der Waals surface area contributed by atoms with Crippen molar-refractivity contribution in [2.45, 2.75) is 57.9 Å². The molecule has 1 aromatic rings. The van der Waals surface area contributed by atoms with Crippen LogP contribution < -0.4 is 0 Å². The van der Waals surface area contributed by atoms with Crippen LogP contribution in [0.25, 0.3) is 0 Å². The van der Waals surface area contributed by atoms with E-state index in [1.54, 1.807) is 0 Å². The number of likely N-dealkylation sites (tertiary alicyclic amines) is 1. The van der Waals surface area contributed by atoms with Crippen molar-refractivity contribution in [1.29, 1.82) is 0 Å². The summed E-state index contributed by atoms with van der Waals surface area (Å²) >= 11 is 0. The van der Waals surface area contributed by atoms with E-state index >= 15 is 0 Å². The van der Waals surface area contributed by atoms with Crippen molar-refractivity contribution in [3.8, 4) is 0 Å². The largest absolute Gasteiger partial charge is 0.339 e. The van der Waals surface area contributed by atoms with Crippen LogP contribution in [-0.2, 0) is 4.79 Å². The normalized spacial score (nSPS) is 25.2. The van der Waals surface area contributed by atoms with Gasteiger partial charge in [0.15, 0.2) is 5.82 Å². The first-order chi connectivity index (χ1) is 10.1. The van der Waals surface area contributed by atoms with E-state index < -0.39 is 0 Å². The number of aromatic nitrogens is 2. The Balaban J connectivity index is 1.69. The molecule has 0 bridgehead atoms. The van der Waals surface area contributed by atoms with Gasteiger partial charge in [-0.05, 0) is 31.6 Å². The fraction of sp³-hybridized carbons (Fsp3) is 0.688. The van der Waals surface area contributed by atoms with Gasteiger partial charge in [-0.1, -0.05) is 31.2 Å². The van der Waals surface area contributed by atoms with Gasteiger partial charge in [0, 0.05) is 18.9 Å².